The molecule has 2 aromatic heterocycles. The van der Waals surface area contributed by atoms with Crippen LogP contribution in [-0.4, -0.2) is 10.1 Å². The molecule has 1 aliphatic heterocycles. The molecule has 1 saturated heterocycles. The van der Waals surface area contributed by atoms with E-state index >= 15 is 0 Å². The van der Waals surface area contributed by atoms with Crippen LogP contribution in [0.4, 0.5) is 10.1 Å². The third-order valence-electron chi connectivity index (χ3n) is 5.32. The standard InChI is InChI=1S/C24H16Cl2FN3OS/c25-14-8-9-15(16(26)13-14)20-10-11-21(31-20)23-22(18-6-3-4-12-28-18)29-24(32)30(23)19-7-2-1-5-17(19)27/h1-13,22-23H,(H,29,32)/t22-,23+/m0/s1. The number of pyridine rings is 1. The Morgan fingerprint density at radius 3 is 2.56 bits per heavy atom. The van der Waals surface area contributed by atoms with E-state index in [0.717, 1.165) is 5.69 Å². The Hall–Kier alpha value is -2.93. The van der Waals surface area contributed by atoms with Crippen molar-refractivity contribution in [1.82, 2.24) is 10.3 Å². The van der Waals surface area contributed by atoms with Crippen molar-refractivity contribution >= 4 is 46.2 Å². The van der Waals surface area contributed by atoms with Crippen LogP contribution in [0.2, 0.25) is 10.0 Å². The van der Waals surface area contributed by atoms with Crippen LogP contribution < -0.4 is 10.2 Å². The van der Waals surface area contributed by atoms with Crippen molar-refractivity contribution in [2.75, 3.05) is 4.90 Å². The summed E-state index contributed by atoms with van der Waals surface area (Å²) in [6, 6.07) is 20.2. The van der Waals surface area contributed by atoms with Gasteiger partial charge in [-0.25, -0.2) is 4.39 Å². The molecule has 0 unspecified atom stereocenters. The Balaban J connectivity index is 1.62. The van der Waals surface area contributed by atoms with Crippen molar-refractivity contribution in [3.8, 4) is 11.3 Å². The van der Waals surface area contributed by atoms with Crippen LogP contribution in [0.3, 0.4) is 0 Å². The summed E-state index contributed by atoms with van der Waals surface area (Å²) in [4.78, 5) is 6.22. The molecule has 0 amide bonds. The first kappa shape index (κ1) is 20.9. The summed E-state index contributed by atoms with van der Waals surface area (Å²) in [6.45, 7) is 0. The van der Waals surface area contributed by atoms with Crippen molar-refractivity contribution < 1.29 is 8.81 Å². The van der Waals surface area contributed by atoms with Gasteiger partial charge in [-0.2, -0.15) is 0 Å². The first-order valence-corrected chi connectivity index (χ1v) is 11.0. The van der Waals surface area contributed by atoms with Crippen LogP contribution in [0.25, 0.3) is 11.3 Å². The van der Waals surface area contributed by atoms with Crippen LogP contribution in [0, 0.1) is 5.82 Å². The number of halogens is 3. The first-order valence-electron chi connectivity index (χ1n) is 9.83. The third-order valence-corrected chi connectivity index (χ3v) is 6.19. The molecular weight excluding hydrogens is 468 g/mol. The van der Waals surface area contributed by atoms with Gasteiger partial charge in [-0.15, -0.1) is 0 Å². The number of nitrogens with one attached hydrogen (secondary N) is 1. The number of anilines is 1. The average molecular weight is 484 g/mol. The van der Waals surface area contributed by atoms with Crippen molar-refractivity contribution in [2.45, 2.75) is 12.1 Å². The van der Waals surface area contributed by atoms with Gasteiger partial charge in [-0.3, -0.25) is 4.98 Å². The molecule has 32 heavy (non-hydrogen) atoms. The normalized spacial score (nSPS) is 18.1. The number of para-hydroxylation sites is 1. The van der Waals surface area contributed by atoms with Crippen LogP contribution >= 0.6 is 35.4 Å². The minimum absolute atomic E-state index is 0.344. The highest BCUT2D eigenvalue weighted by Gasteiger charge is 2.43. The second kappa shape index (κ2) is 8.54. The molecule has 2 atom stereocenters. The van der Waals surface area contributed by atoms with Crippen LogP contribution in [0.1, 0.15) is 23.5 Å². The third kappa shape index (κ3) is 3.75. The highest BCUT2D eigenvalue weighted by molar-refractivity contribution is 7.80. The molecular formula is C24H16Cl2FN3OS. The Morgan fingerprint density at radius 2 is 1.81 bits per heavy atom. The van der Waals surface area contributed by atoms with E-state index in [2.05, 4.69) is 10.3 Å². The smallest absolute Gasteiger partial charge is 0.174 e. The monoisotopic (exact) mass is 483 g/mol. The minimum atomic E-state index is -0.464. The number of thiocarbonyl (C=S) groups is 1. The van der Waals surface area contributed by atoms with Crippen molar-refractivity contribution in [3.05, 3.63) is 106 Å². The van der Waals surface area contributed by atoms with Gasteiger partial charge in [0, 0.05) is 16.8 Å². The lowest BCUT2D eigenvalue weighted by Gasteiger charge is -2.26. The average Bonchev–Trinajstić information content (AvgIpc) is 3.39. The van der Waals surface area contributed by atoms with Crippen molar-refractivity contribution in [1.29, 1.82) is 0 Å². The molecule has 2 aromatic carbocycles. The van der Waals surface area contributed by atoms with E-state index in [4.69, 9.17) is 39.8 Å². The van der Waals surface area contributed by atoms with Gasteiger partial charge in [-0.05, 0) is 66.8 Å². The van der Waals surface area contributed by atoms with Gasteiger partial charge >= 0.3 is 0 Å². The SMILES string of the molecule is Fc1ccccc1N1C(=S)N[C@@H](c2ccccn2)[C@H]1c1ccc(-c2ccc(Cl)cc2Cl)o1. The van der Waals surface area contributed by atoms with E-state index in [0.29, 0.717) is 37.9 Å². The molecule has 1 aliphatic rings. The molecule has 0 aliphatic carbocycles. The highest BCUT2D eigenvalue weighted by Crippen LogP contribution is 2.44. The van der Waals surface area contributed by atoms with Crippen LogP contribution in [0.5, 0.6) is 0 Å². The molecule has 8 heteroatoms. The lowest BCUT2D eigenvalue weighted by atomic mass is 10.0. The van der Waals surface area contributed by atoms with Crippen molar-refractivity contribution in [2.24, 2.45) is 0 Å². The van der Waals surface area contributed by atoms with Gasteiger partial charge in [-0.1, -0.05) is 41.4 Å². The summed E-state index contributed by atoms with van der Waals surface area (Å²) in [5, 5.41) is 4.69. The lowest BCUT2D eigenvalue weighted by Crippen LogP contribution is -2.30. The fraction of sp³-hybridized carbons (Fsp3) is 0.0833. The van der Waals surface area contributed by atoms with Gasteiger partial charge < -0.3 is 14.6 Å². The van der Waals surface area contributed by atoms with Gasteiger partial charge in [0.05, 0.1) is 22.4 Å². The summed E-state index contributed by atoms with van der Waals surface area (Å²) in [5.74, 6) is 0.792. The van der Waals surface area contributed by atoms with E-state index < -0.39 is 6.04 Å². The summed E-state index contributed by atoms with van der Waals surface area (Å²) < 4.78 is 21.0. The van der Waals surface area contributed by atoms with Gasteiger partial charge in [0.15, 0.2) is 5.11 Å². The number of nitrogens with zero attached hydrogens (tertiary/aromatic N) is 2. The fourth-order valence-electron chi connectivity index (χ4n) is 3.90. The zero-order chi connectivity index (χ0) is 22.2. The van der Waals surface area contributed by atoms with E-state index in [1.807, 2.05) is 30.3 Å². The Kier molecular flexibility index (Phi) is 5.59. The Bertz CT molecular complexity index is 1300. The molecule has 0 radical (unpaired) electrons. The second-order valence-electron chi connectivity index (χ2n) is 7.27. The molecule has 1 N–H and O–H groups in total. The van der Waals surface area contributed by atoms with E-state index in [-0.39, 0.29) is 11.9 Å². The van der Waals surface area contributed by atoms with Crippen molar-refractivity contribution in [3.63, 3.8) is 0 Å². The predicted octanol–water partition coefficient (Wildman–Crippen LogP) is 6.96. The number of hydrogen-bond acceptors (Lipinski definition) is 3. The maximum Gasteiger partial charge on any atom is 0.174 e. The number of rotatable bonds is 4. The van der Waals surface area contributed by atoms with Crippen LogP contribution in [0.15, 0.2) is 83.4 Å². The molecule has 4 nitrogen and oxygen atoms in total. The maximum absolute atomic E-state index is 14.8. The maximum atomic E-state index is 14.8. The molecule has 5 rings (SSSR count). The van der Waals surface area contributed by atoms with Gasteiger partial charge in [0.1, 0.15) is 23.4 Å². The van der Waals surface area contributed by atoms with Gasteiger partial charge in [0.2, 0.25) is 0 Å². The quantitative estimate of drug-likeness (QED) is 0.317. The number of hydrogen-bond donors (Lipinski definition) is 1. The zero-order valence-corrected chi connectivity index (χ0v) is 18.8. The molecule has 0 spiro atoms. The molecule has 0 saturated carbocycles. The zero-order valence-electron chi connectivity index (χ0n) is 16.5. The van der Waals surface area contributed by atoms with E-state index in [1.54, 1.807) is 47.5 Å². The lowest BCUT2D eigenvalue weighted by molar-refractivity contribution is 0.438. The molecule has 4 aromatic rings. The fourth-order valence-corrected chi connectivity index (χ4v) is 4.74. The minimum Gasteiger partial charge on any atom is -0.459 e. The van der Waals surface area contributed by atoms with Gasteiger partial charge in [0.25, 0.3) is 0 Å². The molecule has 3 heterocycles. The second-order valence-corrected chi connectivity index (χ2v) is 8.50. The van der Waals surface area contributed by atoms with Crippen LogP contribution in [-0.2, 0) is 0 Å². The summed E-state index contributed by atoms with van der Waals surface area (Å²) in [5.41, 5.74) is 1.83. The Labute approximate surface area is 199 Å². The van der Waals surface area contributed by atoms with E-state index in [1.165, 1.54) is 6.07 Å². The summed E-state index contributed by atoms with van der Waals surface area (Å²) in [7, 11) is 0. The molecule has 0 bridgehead atoms. The summed E-state index contributed by atoms with van der Waals surface area (Å²) >= 11 is 18.0. The largest absolute Gasteiger partial charge is 0.459 e. The Morgan fingerprint density at radius 1 is 1.00 bits per heavy atom. The number of aromatic nitrogens is 1. The highest BCUT2D eigenvalue weighted by atomic mass is 35.5. The van der Waals surface area contributed by atoms with E-state index in [9.17, 15) is 4.39 Å². The summed E-state index contributed by atoms with van der Waals surface area (Å²) in [6.07, 6.45) is 1.71. The number of benzene rings is 2. The molecule has 1 fully saturated rings. The molecule has 160 valence electrons. The first-order chi connectivity index (χ1) is 15.5. The topological polar surface area (TPSA) is 41.3 Å². The predicted molar refractivity (Wildman–Crippen MR) is 128 cm³/mol. The number of furan rings is 1.